The predicted molar refractivity (Wildman–Crippen MR) is 94.7 cm³/mol. The molecule has 2 rings (SSSR count). The third-order valence-electron chi connectivity index (χ3n) is 3.84. The van der Waals surface area contributed by atoms with Crippen LogP contribution in [0.2, 0.25) is 0 Å². The van der Waals surface area contributed by atoms with E-state index in [1.807, 2.05) is 43.3 Å². The molecule has 0 saturated heterocycles. The van der Waals surface area contributed by atoms with Crippen molar-refractivity contribution in [3.63, 3.8) is 0 Å². The summed E-state index contributed by atoms with van der Waals surface area (Å²) in [5, 5.41) is 3.17. The number of ether oxygens (including phenoxy) is 2. The smallest absolute Gasteiger partial charge is 0.351 e. The Balaban J connectivity index is 2.03. The summed E-state index contributed by atoms with van der Waals surface area (Å²) < 4.78 is 10.2. The molecular weight excluding hydrogens is 318 g/mol. The second-order valence-electron chi connectivity index (χ2n) is 5.58. The summed E-state index contributed by atoms with van der Waals surface area (Å²) in [5.74, 6) is -1.07. The maximum Gasteiger partial charge on any atom is 0.351 e. The summed E-state index contributed by atoms with van der Waals surface area (Å²) in [5.41, 5.74) is 1.65. The van der Waals surface area contributed by atoms with Gasteiger partial charge in [0, 0.05) is 12.1 Å². The Hall–Kier alpha value is -2.66. The second-order valence-corrected chi connectivity index (χ2v) is 5.58. The van der Waals surface area contributed by atoms with E-state index in [4.69, 9.17) is 9.47 Å². The maximum absolute atomic E-state index is 12.5. The lowest BCUT2D eigenvalue weighted by molar-refractivity contribution is -0.168. The van der Waals surface area contributed by atoms with E-state index in [0.29, 0.717) is 18.5 Å². The van der Waals surface area contributed by atoms with Crippen molar-refractivity contribution >= 4 is 11.9 Å². The standard InChI is InChI=1S/C20H23NO4/c1-3-17(21-14-15-10-6-4-7-11-15)19(22)25-18(20(23)24-2)16-12-8-5-9-13-16/h4-13,17-18,21H,3,14H2,1-2H3/t17-,18-/m0/s1. The molecule has 2 atom stereocenters. The summed E-state index contributed by atoms with van der Waals surface area (Å²) in [7, 11) is 1.27. The van der Waals surface area contributed by atoms with E-state index in [1.165, 1.54) is 7.11 Å². The SMILES string of the molecule is CC[C@H](NCc1ccccc1)C(=O)O[C@H](C(=O)OC)c1ccccc1. The van der Waals surface area contributed by atoms with E-state index >= 15 is 0 Å². The first kappa shape index (κ1) is 18.7. The summed E-state index contributed by atoms with van der Waals surface area (Å²) in [4.78, 5) is 24.5. The molecule has 0 aliphatic carbocycles. The highest BCUT2D eigenvalue weighted by molar-refractivity contribution is 5.82. The van der Waals surface area contributed by atoms with E-state index in [9.17, 15) is 9.59 Å². The number of rotatable bonds is 8. The number of carbonyl (C=O) groups is 2. The van der Waals surface area contributed by atoms with Gasteiger partial charge in [0.1, 0.15) is 6.04 Å². The normalized spacial score (nSPS) is 12.9. The molecule has 0 aliphatic heterocycles. The monoisotopic (exact) mass is 341 g/mol. The van der Waals surface area contributed by atoms with Gasteiger partial charge in [0.2, 0.25) is 6.10 Å². The van der Waals surface area contributed by atoms with Gasteiger partial charge in [0.05, 0.1) is 7.11 Å². The molecule has 0 radical (unpaired) electrons. The van der Waals surface area contributed by atoms with Crippen molar-refractivity contribution in [2.75, 3.05) is 7.11 Å². The third kappa shape index (κ3) is 5.43. The Morgan fingerprint density at radius 3 is 2.12 bits per heavy atom. The van der Waals surface area contributed by atoms with Crippen LogP contribution in [0.15, 0.2) is 60.7 Å². The molecule has 0 heterocycles. The number of methoxy groups -OCH3 is 1. The van der Waals surface area contributed by atoms with Crippen LogP contribution in [-0.2, 0) is 25.6 Å². The summed E-state index contributed by atoms with van der Waals surface area (Å²) >= 11 is 0. The largest absolute Gasteiger partial charge is 0.466 e. The highest BCUT2D eigenvalue weighted by Gasteiger charge is 2.28. The first-order valence-corrected chi connectivity index (χ1v) is 8.26. The molecule has 0 fully saturated rings. The van der Waals surface area contributed by atoms with Crippen LogP contribution in [0.5, 0.6) is 0 Å². The molecule has 25 heavy (non-hydrogen) atoms. The minimum absolute atomic E-state index is 0.474. The Morgan fingerprint density at radius 2 is 1.56 bits per heavy atom. The van der Waals surface area contributed by atoms with Gasteiger partial charge in [0.25, 0.3) is 0 Å². The van der Waals surface area contributed by atoms with Crippen LogP contribution in [0, 0.1) is 0 Å². The highest BCUT2D eigenvalue weighted by Crippen LogP contribution is 2.20. The molecule has 132 valence electrons. The number of nitrogens with one attached hydrogen (secondary N) is 1. The zero-order valence-corrected chi connectivity index (χ0v) is 14.5. The van der Waals surface area contributed by atoms with Crippen LogP contribution in [0.25, 0.3) is 0 Å². The van der Waals surface area contributed by atoms with E-state index in [-0.39, 0.29) is 0 Å². The van der Waals surface area contributed by atoms with Crippen molar-refractivity contribution in [1.82, 2.24) is 5.32 Å². The van der Waals surface area contributed by atoms with Gasteiger partial charge >= 0.3 is 11.9 Å². The van der Waals surface area contributed by atoms with E-state index in [0.717, 1.165) is 5.56 Å². The van der Waals surface area contributed by atoms with E-state index < -0.39 is 24.1 Å². The van der Waals surface area contributed by atoms with Crippen molar-refractivity contribution in [2.24, 2.45) is 0 Å². The lowest BCUT2D eigenvalue weighted by Gasteiger charge is -2.21. The summed E-state index contributed by atoms with van der Waals surface area (Å²) in [6.45, 7) is 2.43. The van der Waals surface area contributed by atoms with Gasteiger partial charge in [-0.1, -0.05) is 67.6 Å². The van der Waals surface area contributed by atoms with Gasteiger partial charge < -0.3 is 14.8 Å². The van der Waals surface area contributed by atoms with Gasteiger partial charge in [-0.15, -0.1) is 0 Å². The molecule has 2 aromatic carbocycles. The van der Waals surface area contributed by atoms with Gasteiger partial charge in [-0.05, 0) is 12.0 Å². The first-order chi connectivity index (χ1) is 12.2. The molecule has 0 aromatic heterocycles. The van der Waals surface area contributed by atoms with Crippen LogP contribution < -0.4 is 5.32 Å². The highest BCUT2D eigenvalue weighted by atomic mass is 16.6. The molecule has 1 N–H and O–H groups in total. The van der Waals surface area contributed by atoms with Crippen LogP contribution in [0.4, 0.5) is 0 Å². The van der Waals surface area contributed by atoms with Crippen LogP contribution in [0.1, 0.15) is 30.6 Å². The fraction of sp³-hybridized carbons (Fsp3) is 0.300. The van der Waals surface area contributed by atoms with Crippen molar-refractivity contribution in [2.45, 2.75) is 32.0 Å². The van der Waals surface area contributed by atoms with E-state index in [1.54, 1.807) is 24.3 Å². The average Bonchev–Trinajstić information content (AvgIpc) is 2.67. The Bertz CT molecular complexity index is 673. The van der Waals surface area contributed by atoms with Gasteiger partial charge in [-0.25, -0.2) is 4.79 Å². The summed E-state index contributed by atoms with van der Waals surface area (Å²) in [6, 6.07) is 18.1. The quantitative estimate of drug-likeness (QED) is 0.748. The number of benzene rings is 2. The first-order valence-electron chi connectivity index (χ1n) is 8.26. The Kier molecular flexibility index (Phi) is 7.16. The molecule has 2 aromatic rings. The topological polar surface area (TPSA) is 64.6 Å². The zero-order chi connectivity index (χ0) is 18.1. The van der Waals surface area contributed by atoms with Gasteiger partial charge in [0.15, 0.2) is 0 Å². The molecule has 0 saturated carbocycles. The predicted octanol–water partition coefficient (Wildman–Crippen LogP) is 3.01. The van der Waals surface area contributed by atoms with Crippen molar-refractivity contribution in [3.05, 3.63) is 71.8 Å². The molecule has 0 unspecified atom stereocenters. The molecule has 5 heteroatoms. The minimum Gasteiger partial charge on any atom is -0.466 e. The van der Waals surface area contributed by atoms with Gasteiger partial charge in [-0.2, -0.15) is 0 Å². The number of carbonyl (C=O) groups excluding carboxylic acids is 2. The zero-order valence-electron chi connectivity index (χ0n) is 14.5. The van der Waals surface area contributed by atoms with Crippen LogP contribution in [0.3, 0.4) is 0 Å². The summed E-state index contributed by atoms with van der Waals surface area (Å²) in [6.07, 6.45) is -0.514. The molecule has 0 spiro atoms. The average molecular weight is 341 g/mol. The molecule has 0 aliphatic rings. The number of hydrogen-bond donors (Lipinski definition) is 1. The number of esters is 2. The lowest BCUT2D eigenvalue weighted by atomic mass is 10.1. The van der Waals surface area contributed by atoms with Crippen LogP contribution >= 0.6 is 0 Å². The molecular formula is C20H23NO4. The van der Waals surface area contributed by atoms with Gasteiger partial charge in [-0.3, -0.25) is 4.79 Å². The Morgan fingerprint density at radius 1 is 0.960 bits per heavy atom. The third-order valence-corrected chi connectivity index (χ3v) is 3.84. The molecule has 0 bridgehead atoms. The lowest BCUT2D eigenvalue weighted by Crippen LogP contribution is -2.38. The fourth-order valence-electron chi connectivity index (χ4n) is 2.42. The van der Waals surface area contributed by atoms with Crippen molar-refractivity contribution in [1.29, 1.82) is 0 Å². The van der Waals surface area contributed by atoms with Crippen LogP contribution in [-0.4, -0.2) is 25.1 Å². The molecule has 0 amide bonds. The van der Waals surface area contributed by atoms with Crippen molar-refractivity contribution < 1.29 is 19.1 Å². The Labute approximate surface area is 148 Å². The van der Waals surface area contributed by atoms with E-state index in [2.05, 4.69) is 5.32 Å². The fourth-order valence-corrected chi connectivity index (χ4v) is 2.42. The minimum atomic E-state index is -1.06. The molecule has 5 nitrogen and oxygen atoms in total. The maximum atomic E-state index is 12.5. The number of hydrogen-bond acceptors (Lipinski definition) is 5. The van der Waals surface area contributed by atoms with Crippen molar-refractivity contribution in [3.8, 4) is 0 Å². The second kappa shape index (κ2) is 9.59.